The van der Waals surface area contributed by atoms with E-state index in [1.807, 2.05) is 32.0 Å². The van der Waals surface area contributed by atoms with Crippen molar-refractivity contribution < 1.29 is 4.92 Å². The maximum absolute atomic E-state index is 11.1. The van der Waals surface area contributed by atoms with Crippen LogP contribution in [0.4, 0.5) is 11.5 Å². The number of nitrogens with zero attached hydrogens (tertiary/aromatic N) is 2. The fourth-order valence-electron chi connectivity index (χ4n) is 1.82. The third-order valence-electron chi connectivity index (χ3n) is 2.84. The minimum atomic E-state index is -0.425. The number of pyridine rings is 1. The Morgan fingerprint density at radius 2 is 1.90 bits per heavy atom. The van der Waals surface area contributed by atoms with Gasteiger partial charge in [0.05, 0.1) is 4.92 Å². The number of benzene rings is 1. The molecule has 0 radical (unpaired) electrons. The predicted molar refractivity (Wildman–Crippen MR) is 83.1 cm³/mol. The summed E-state index contributed by atoms with van der Waals surface area (Å²) in [5.74, 6) is 0.568. The highest BCUT2D eigenvalue weighted by Gasteiger charge is 2.18. The van der Waals surface area contributed by atoms with Crippen molar-refractivity contribution in [1.29, 1.82) is 0 Å². The van der Waals surface area contributed by atoms with E-state index in [1.165, 1.54) is 6.07 Å². The van der Waals surface area contributed by atoms with Crippen LogP contribution in [-0.4, -0.2) is 22.0 Å². The Morgan fingerprint density at radius 1 is 1.24 bits per heavy atom. The zero-order chi connectivity index (χ0) is 15.5. The van der Waals surface area contributed by atoms with E-state index in [1.54, 1.807) is 18.2 Å². The molecular formula is C15H18N4O2. The Bertz CT molecular complexity index is 636. The number of nitrogens with one attached hydrogen (secondary N) is 1. The molecule has 0 atom stereocenters. The molecule has 0 amide bonds. The molecule has 2 aromatic rings. The Kier molecular flexibility index (Phi) is 4.18. The normalized spacial score (nSPS) is 11.2. The molecule has 3 N–H and O–H groups in total. The van der Waals surface area contributed by atoms with E-state index in [0.717, 1.165) is 0 Å². The first kappa shape index (κ1) is 14.9. The molecule has 21 heavy (non-hydrogen) atoms. The van der Waals surface area contributed by atoms with Crippen molar-refractivity contribution in [1.82, 2.24) is 4.98 Å². The number of hydrogen-bond donors (Lipinski definition) is 2. The van der Waals surface area contributed by atoms with Crippen LogP contribution in [0.1, 0.15) is 13.8 Å². The van der Waals surface area contributed by atoms with Gasteiger partial charge < -0.3 is 11.1 Å². The number of anilines is 1. The average Bonchev–Trinajstić information content (AvgIpc) is 2.45. The number of aromatic nitrogens is 1. The molecule has 0 spiro atoms. The summed E-state index contributed by atoms with van der Waals surface area (Å²) in [7, 11) is 0. The first-order valence-electron chi connectivity index (χ1n) is 6.60. The summed E-state index contributed by atoms with van der Waals surface area (Å²) in [5.41, 5.74) is 6.56. The van der Waals surface area contributed by atoms with Gasteiger partial charge in [0.15, 0.2) is 5.69 Å². The standard InChI is InChI=1S/C15H18N4O2/c1-15(2,16)10-17-13-9-8-12(19(20)21)14(18-13)11-6-4-3-5-7-11/h3-9H,10,16H2,1-2H3,(H,17,18). The lowest BCUT2D eigenvalue weighted by atomic mass is 10.1. The van der Waals surface area contributed by atoms with E-state index >= 15 is 0 Å². The highest BCUT2D eigenvalue weighted by atomic mass is 16.6. The summed E-state index contributed by atoms with van der Waals surface area (Å²) >= 11 is 0. The second-order valence-electron chi connectivity index (χ2n) is 5.53. The Hall–Kier alpha value is -2.47. The van der Waals surface area contributed by atoms with Gasteiger partial charge in [-0.1, -0.05) is 30.3 Å². The lowest BCUT2D eigenvalue weighted by Crippen LogP contribution is -2.39. The van der Waals surface area contributed by atoms with E-state index in [2.05, 4.69) is 10.3 Å². The number of rotatable bonds is 5. The maximum atomic E-state index is 11.1. The zero-order valence-electron chi connectivity index (χ0n) is 12.0. The Morgan fingerprint density at radius 3 is 2.48 bits per heavy atom. The highest BCUT2D eigenvalue weighted by Crippen LogP contribution is 2.29. The molecule has 6 heteroatoms. The van der Waals surface area contributed by atoms with Gasteiger partial charge >= 0.3 is 0 Å². The van der Waals surface area contributed by atoms with Gasteiger partial charge in [-0.05, 0) is 19.9 Å². The quantitative estimate of drug-likeness (QED) is 0.651. The minimum Gasteiger partial charge on any atom is -0.368 e. The van der Waals surface area contributed by atoms with E-state index in [-0.39, 0.29) is 5.69 Å². The maximum Gasteiger partial charge on any atom is 0.295 e. The minimum absolute atomic E-state index is 0.0150. The molecule has 0 unspecified atom stereocenters. The van der Waals surface area contributed by atoms with Crippen LogP contribution in [0.25, 0.3) is 11.3 Å². The second kappa shape index (κ2) is 5.88. The summed E-state index contributed by atoms with van der Waals surface area (Å²) in [4.78, 5) is 15.1. The molecule has 6 nitrogen and oxygen atoms in total. The van der Waals surface area contributed by atoms with Crippen LogP contribution in [0.3, 0.4) is 0 Å². The van der Waals surface area contributed by atoms with Crippen molar-refractivity contribution in [3.63, 3.8) is 0 Å². The second-order valence-corrected chi connectivity index (χ2v) is 5.53. The number of nitrogens with two attached hydrogens (primary N) is 1. The fraction of sp³-hybridized carbons (Fsp3) is 0.267. The first-order chi connectivity index (χ1) is 9.87. The van der Waals surface area contributed by atoms with Crippen LogP contribution < -0.4 is 11.1 Å². The van der Waals surface area contributed by atoms with E-state index in [9.17, 15) is 10.1 Å². The molecule has 0 aliphatic rings. The van der Waals surface area contributed by atoms with Crippen LogP contribution in [-0.2, 0) is 0 Å². The van der Waals surface area contributed by atoms with Gasteiger partial charge in [-0.15, -0.1) is 0 Å². The monoisotopic (exact) mass is 286 g/mol. The Balaban J connectivity index is 2.38. The van der Waals surface area contributed by atoms with E-state index < -0.39 is 10.5 Å². The topological polar surface area (TPSA) is 94.1 Å². The summed E-state index contributed by atoms with van der Waals surface area (Å²) in [5, 5.41) is 14.3. The van der Waals surface area contributed by atoms with Gasteiger partial charge in [-0.3, -0.25) is 10.1 Å². The SMILES string of the molecule is CC(C)(N)CNc1ccc([N+](=O)[O-])c(-c2ccccc2)n1. The van der Waals surface area contributed by atoms with Gasteiger partial charge in [0.1, 0.15) is 5.82 Å². The average molecular weight is 286 g/mol. The smallest absolute Gasteiger partial charge is 0.295 e. The van der Waals surface area contributed by atoms with Crippen LogP contribution >= 0.6 is 0 Å². The van der Waals surface area contributed by atoms with E-state index in [0.29, 0.717) is 23.6 Å². The molecule has 1 aromatic heterocycles. The van der Waals surface area contributed by atoms with Crippen molar-refractivity contribution in [3.8, 4) is 11.3 Å². The molecular weight excluding hydrogens is 268 g/mol. The van der Waals surface area contributed by atoms with Crippen LogP contribution in [0.5, 0.6) is 0 Å². The lowest BCUT2D eigenvalue weighted by molar-refractivity contribution is -0.384. The zero-order valence-corrected chi connectivity index (χ0v) is 12.0. The van der Waals surface area contributed by atoms with Crippen LogP contribution in [0.15, 0.2) is 42.5 Å². The van der Waals surface area contributed by atoms with Gasteiger partial charge in [0.25, 0.3) is 5.69 Å². The molecule has 1 heterocycles. The molecule has 0 aliphatic heterocycles. The summed E-state index contributed by atoms with van der Waals surface area (Å²) < 4.78 is 0. The molecule has 1 aromatic carbocycles. The van der Waals surface area contributed by atoms with Crippen molar-refractivity contribution in [2.75, 3.05) is 11.9 Å². The third kappa shape index (κ3) is 4.00. The first-order valence-corrected chi connectivity index (χ1v) is 6.60. The van der Waals surface area contributed by atoms with Crippen molar-refractivity contribution in [3.05, 3.63) is 52.6 Å². The van der Waals surface area contributed by atoms with Gasteiger partial charge in [-0.2, -0.15) is 0 Å². The summed E-state index contributed by atoms with van der Waals surface area (Å²) in [6.45, 7) is 4.30. The van der Waals surface area contributed by atoms with Crippen LogP contribution in [0, 0.1) is 10.1 Å². The molecule has 0 fully saturated rings. The molecule has 0 aliphatic carbocycles. The molecule has 2 rings (SSSR count). The highest BCUT2D eigenvalue weighted by molar-refractivity contribution is 5.71. The summed E-state index contributed by atoms with van der Waals surface area (Å²) in [6, 6.07) is 12.2. The lowest BCUT2D eigenvalue weighted by Gasteiger charge is -2.19. The molecule has 0 saturated carbocycles. The van der Waals surface area contributed by atoms with Crippen LogP contribution in [0.2, 0.25) is 0 Å². The van der Waals surface area contributed by atoms with Crippen molar-refractivity contribution in [2.45, 2.75) is 19.4 Å². The number of nitro groups is 1. The van der Waals surface area contributed by atoms with Crippen molar-refractivity contribution in [2.24, 2.45) is 5.73 Å². The third-order valence-corrected chi connectivity index (χ3v) is 2.84. The molecule has 0 bridgehead atoms. The van der Waals surface area contributed by atoms with E-state index in [4.69, 9.17) is 5.73 Å². The largest absolute Gasteiger partial charge is 0.368 e. The Labute approximate surface area is 123 Å². The van der Waals surface area contributed by atoms with Gasteiger partial charge in [0.2, 0.25) is 0 Å². The number of hydrogen-bond acceptors (Lipinski definition) is 5. The molecule has 110 valence electrons. The van der Waals surface area contributed by atoms with Gasteiger partial charge in [-0.25, -0.2) is 4.98 Å². The van der Waals surface area contributed by atoms with Gasteiger partial charge in [0, 0.05) is 23.7 Å². The summed E-state index contributed by atoms with van der Waals surface area (Å²) in [6.07, 6.45) is 0. The van der Waals surface area contributed by atoms with Crippen molar-refractivity contribution >= 4 is 11.5 Å². The molecule has 0 saturated heterocycles. The predicted octanol–water partition coefficient (Wildman–Crippen LogP) is 2.81. The fourth-order valence-corrected chi connectivity index (χ4v) is 1.82.